The van der Waals surface area contributed by atoms with Gasteiger partial charge in [-0.1, -0.05) is 42.0 Å². The summed E-state index contributed by atoms with van der Waals surface area (Å²) in [5.41, 5.74) is 4.01. The van der Waals surface area contributed by atoms with Crippen LogP contribution in [0.25, 0.3) is 22.2 Å². The molecule has 0 atom stereocenters. The number of hydrogen-bond acceptors (Lipinski definition) is 5. The molecule has 1 N–H and O–H groups in total. The minimum Gasteiger partial charge on any atom is -0.452 e. The van der Waals surface area contributed by atoms with E-state index in [4.69, 9.17) is 9.72 Å². The SMILES string of the molecule is Cc1ccc(-c2cc(C(=O)OCC(=O)NC3(C#N)CCCC3)c3ccccc3n2)c(C)c1. The predicted octanol–water partition coefficient (Wildman–Crippen LogP) is 4.63. The molecule has 0 saturated heterocycles. The van der Waals surface area contributed by atoms with Crippen molar-refractivity contribution in [1.29, 1.82) is 5.26 Å². The monoisotopic (exact) mass is 427 g/mol. The molecule has 1 fully saturated rings. The fourth-order valence-electron chi connectivity index (χ4n) is 4.34. The van der Waals surface area contributed by atoms with Crippen LogP contribution in [0.3, 0.4) is 0 Å². The van der Waals surface area contributed by atoms with E-state index in [1.165, 1.54) is 0 Å². The van der Waals surface area contributed by atoms with Crippen LogP contribution in [0.5, 0.6) is 0 Å². The van der Waals surface area contributed by atoms with Crippen molar-refractivity contribution in [3.05, 3.63) is 65.2 Å². The molecule has 4 rings (SSSR count). The molecule has 0 spiro atoms. The summed E-state index contributed by atoms with van der Waals surface area (Å²) < 4.78 is 5.35. The van der Waals surface area contributed by atoms with Crippen LogP contribution in [-0.2, 0) is 9.53 Å². The van der Waals surface area contributed by atoms with Gasteiger partial charge in [0.15, 0.2) is 6.61 Å². The van der Waals surface area contributed by atoms with E-state index in [1.807, 2.05) is 50.2 Å². The van der Waals surface area contributed by atoms with Crippen LogP contribution in [0.4, 0.5) is 0 Å². The smallest absolute Gasteiger partial charge is 0.339 e. The van der Waals surface area contributed by atoms with Crippen molar-refractivity contribution >= 4 is 22.8 Å². The third-order valence-corrected chi connectivity index (χ3v) is 5.98. The van der Waals surface area contributed by atoms with Gasteiger partial charge in [0.25, 0.3) is 5.91 Å². The Morgan fingerprint density at radius 2 is 1.88 bits per heavy atom. The van der Waals surface area contributed by atoms with Gasteiger partial charge in [-0.05, 0) is 57.2 Å². The molecule has 1 saturated carbocycles. The summed E-state index contributed by atoms with van der Waals surface area (Å²) in [6.45, 7) is 3.61. The first-order valence-electron chi connectivity index (χ1n) is 10.8. The summed E-state index contributed by atoms with van der Waals surface area (Å²) in [4.78, 5) is 30.1. The van der Waals surface area contributed by atoms with Crippen LogP contribution in [0.15, 0.2) is 48.5 Å². The molecule has 1 aromatic heterocycles. The van der Waals surface area contributed by atoms with Gasteiger partial charge in [0, 0.05) is 10.9 Å². The summed E-state index contributed by atoms with van der Waals surface area (Å²) in [6, 6.07) is 17.4. The highest BCUT2D eigenvalue weighted by Gasteiger charge is 2.35. The number of amides is 1. The normalized spacial score (nSPS) is 14.7. The Labute approximate surface area is 187 Å². The topological polar surface area (TPSA) is 92.1 Å². The molecule has 1 aliphatic carbocycles. The Morgan fingerprint density at radius 3 is 2.59 bits per heavy atom. The Balaban J connectivity index is 1.59. The van der Waals surface area contributed by atoms with Gasteiger partial charge in [0.2, 0.25) is 0 Å². The van der Waals surface area contributed by atoms with E-state index in [0.29, 0.717) is 35.0 Å². The van der Waals surface area contributed by atoms with Gasteiger partial charge < -0.3 is 10.1 Å². The van der Waals surface area contributed by atoms with E-state index < -0.39 is 24.0 Å². The lowest BCUT2D eigenvalue weighted by molar-refractivity contribution is -0.125. The Kier molecular flexibility index (Phi) is 5.91. The first-order valence-corrected chi connectivity index (χ1v) is 10.8. The minimum absolute atomic E-state index is 0.356. The molecule has 6 heteroatoms. The molecule has 1 amide bonds. The maximum atomic E-state index is 13.0. The molecule has 32 heavy (non-hydrogen) atoms. The van der Waals surface area contributed by atoms with Crippen LogP contribution in [0.2, 0.25) is 0 Å². The first-order chi connectivity index (χ1) is 15.4. The van der Waals surface area contributed by atoms with Crippen molar-refractivity contribution < 1.29 is 14.3 Å². The number of ether oxygens (including phenoxy) is 1. The number of pyridine rings is 1. The number of aromatic nitrogens is 1. The fraction of sp³-hybridized carbons (Fsp3) is 0.308. The second-order valence-corrected chi connectivity index (χ2v) is 8.42. The number of nitrogens with one attached hydrogen (secondary N) is 1. The maximum Gasteiger partial charge on any atom is 0.339 e. The van der Waals surface area contributed by atoms with Gasteiger partial charge in [-0.25, -0.2) is 9.78 Å². The highest BCUT2D eigenvalue weighted by molar-refractivity contribution is 6.05. The quantitative estimate of drug-likeness (QED) is 0.600. The summed E-state index contributed by atoms with van der Waals surface area (Å²) in [5.74, 6) is -1.06. The van der Waals surface area contributed by atoms with Gasteiger partial charge in [0.05, 0.1) is 22.8 Å². The van der Waals surface area contributed by atoms with E-state index in [2.05, 4.69) is 17.5 Å². The van der Waals surface area contributed by atoms with Gasteiger partial charge >= 0.3 is 5.97 Å². The van der Waals surface area contributed by atoms with Gasteiger partial charge in [-0.2, -0.15) is 5.26 Å². The van der Waals surface area contributed by atoms with Gasteiger partial charge in [-0.3, -0.25) is 4.79 Å². The summed E-state index contributed by atoms with van der Waals surface area (Å²) in [7, 11) is 0. The Morgan fingerprint density at radius 1 is 1.12 bits per heavy atom. The molecular weight excluding hydrogens is 402 g/mol. The zero-order valence-electron chi connectivity index (χ0n) is 18.3. The van der Waals surface area contributed by atoms with Crippen molar-refractivity contribution in [3.63, 3.8) is 0 Å². The summed E-state index contributed by atoms with van der Waals surface area (Å²) in [6.07, 6.45) is 3.05. The number of carbonyl (C=O) groups excluding carboxylic acids is 2. The zero-order valence-corrected chi connectivity index (χ0v) is 18.3. The molecule has 3 aromatic rings. The lowest BCUT2D eigenvalue weighted by Gasteiger charge is -2.21. The predicted molar refractivity (Wildman–Crippen MR) is 122 cm³/mol. The summed E-state index contributed by atoms with van der Waals surface area (Å²) in [5, 5.41) is 12.8. The van der Waals surface area contributed by atoms with Crippen molar-refractivity contribution in [1.82, 2.24) is 10.3 Å². The molecule has 2 aromatic carbocycles. The Bertz CT molecular complexity index is 1240. The third kappa shape index (κ3) is 4.33. The fourth-order valence-corrected chi connectivity index (χ4v) is 4.34. The van der Waals surface area contributed by atoms with Crippen molar-refractivity contribution in [2.75, 3.05) is 6.61 Å². The molecule has 0 aliphatic heterocycles. The molecular formula is C26H25N3O3. The second-order valence-electron chi connectivity index (χ2n) is 8.42. The lowest BCUT2D eigenvalue weighted by Crippen LogP contribution is -2.46. The van der Waals surface area contributed by atoms with Crippen molar-refractivity contribution in [2.24, 2.45) is 0 Å². The number of fused-ring (bicyclic) bond motifs is 1. The number of carbonyl (C=O) groups is 2. The highest BCUT2D eigenvalue weighted by Crippen LogP contribution is 2.29. The first kappa shape index (κ1) is 21.5. The largest absolute Gasteiger partial charge is 0.452 e. The van der Waals surface area contributed by atoms with Crippen molar-refractivity contribution in [3.8, 4) is 17.3 Å². The Hall–Kier alpha value is -3.72. The van der Waals surface area contributed by atoms with Gasteiger partial charge in [0.1, 0.15) is 5.54 Å². The highest BCUT2D eigenvalue weighted by atomic mass is 16.5. The number of nitrogens with zero attached hydrogens (tertiary/aromatic N) is 2. The molecule has 6 nitrogen and oxygen atoms in total. The average molecular weight is 428 g/mol. The second kappa shape index (κ2) is 8.80. The van der Waals surface area contributed by atoms with Crippen LogP contribution in [0, 0.1) is 25.2 Å². The minimum atomic E-state index is -0.844. The zero-order chi connectivity index (χ0) is 22.7. The molecule has 0 radical (unpaired) electrons. The van der Waals surface area contributed by atoms with Crippen LogP contribution < -0.4 is 5.32 Å². The average Bonchev–Trinajstić information content (AvgIpc) is 3.25. The molecule has 0 unspecified atom stereocenters. The maximum absolute atomic E-state index is 13.0. The number of aryl methyl sites for hydroxylation is 2. The van der Waals surface area contributed by atoms with E-state index in [9.17, 15) is 14.9 Å². The van der Waals surface area contributed by atoms with Gasteiger partial charge in [-0.15, -0.1) is 0 Å². The molecule has 1 heterocycles. The van der Waals surface area contributed by atoms with E-state index in [-0.39, 0.29) is 0 Å². The van der Waals surface area contributed by atoms with E-state index in [0.717, 1.165) is 29.5 Å². The van der Waals surface area contributed by atoms with Crippen LogP contribution in [0.1, 0.15) is 47.2 Å². The van der Waals surface area contributed by atoms with Crippen LogP contribution >= 0.6 is 0 Å². The number of rotatable bonds is 5. The van der Waals surface area contributed by atoms with Crippen LogP contribution in [-0.4, -0.2) is 29.0 Å². The number of esters is 1. The van der Waals surface area contributed by atoms with Crippen molar-refractivity contribution in [2.45, 2.75) is 45.1 Å². The summed E-state index contributed by atoms with van der Waals surface area (Å²) >= 11 is 0. The molecule has 1 aliphatic rings. The molecule has 0 bridgehead atoms. The molecule has 162 valence electrons. The third-order valence-electron chi connectivity index (χ3n) is 5.98. The standard InChI is InChI=1S/C26H25N3O3/c1-17-9-10-19(18(2)13-17)23-14-21(20-7-3-4-8-22(20)28-23)25(31)32-15-24(30)29-26(16-27)11-5-6-12-26/h3-4,7-10,13-14H,5-6,11-12,15H2,1-2H3,(H,29,30). The van der Waals surface area contributed by atoms with E-state index in [1.54, 1.807) is 6.07 Å². The lowest BCUT2D eigenvalue weighted by atomic mass is 9.99. The number of nitriles is 1. The number of benzene rings is 2. The number of para-hydroxylation sites is 1. The van der Waals surface area contributed by atoms with E-state index >= 15 is 0 Å². The number of hydrogen-bond donors (Lipinski definition) is 1.